The number of halogens is 1. The lowest BCUT2D eigenvalue weighted by atomic mass is 10.0. The van der Waals surface area contributed by atoms with Gasteiger partial charge in [-0.25, -0.2) is 0 Å². The fraction of sp³-hybridized carbons (Fsp3) is 0.167. The molecule has 192 valence electrons. The van der Waals surface area contributed by atoms with Crippen LogP contribution in [0, 0.1) is 6.92 Å². The third kappa shape index (κ3) is 5.33. The highest BCUT2D eigenvalue weighted by Gasteiger charge is 2.34. The van der Waals surface area contributed by atoms with Crippen molar-refractivity contribution < 1.29 is 18.8 Å². The van der Waals surface area contributed by atoms with E-state index in [4.69, 9.17) is 16.0 Å². The third-order valence-corrected chi connectivity index (χ3v) is 7.01. The summed E-state index contributed by atoms with van der Waals surface area (Å²) in [5, 5.41) is 0.550. The zero-order chi connectivity index (χ0) is 26.6. The minimum atomic E-state index is -0.332. The van der Waals surface area contributed by atoms with E-state index in [0.29, 0.717) is 22.0 Å². The maximum Gasteiger partial charge on any atom is 0.254 e. The number of amides is 3. The predicted molar refractivity (Wildman–Crippen MR) is 146 cm³/mol. The van der Waals surface area contributed by atoms with Gasteiger partial charge in [-0.05, 0) is 60.0 Å². The Kier molecular flexibility index (Phi) is 7.29. The summed E-state index contributed by atoms with van der Waals surface area (Å²) in [5.74, 6) is -0.284. The molecule has 38 heavy (non-hydrogen) atoms. The number of anilines is 1. The van der Waals surface area contributed by atoms with Gasteiger partial charge >= 0.3 is 0 Å². The Balaban J connectivity index is 1.33. The molecule has 0 spiro atoms. The second-order valence-electron chi connectivity index (χ2n) is 9.12. The van der Waals surface area contributed by atoms with Crippen LogP contribution >= 0.6 is 11.6 Å². The van der Waals surface area contributed by atoms with Gasteiger partial charge < -0.3 is 14.2 Å². The second kappa shape index (κ2) is 10.9. The van der Waals surface area contributed by atoms with Crippen LogP contribution in [0.5, 0.6) is 0 Å². The highest BCUT2D eigenvalue weighted by atomic mass is 35.5. The molecule has 1 saturated heterocycles. The molecule has 3 aromatic carbocycles. The van der Waals surface area contributed by atoms with Gasteiger partial charge in [0.25, 0.3) is 5.91 Å². The van der Waals surface area contributed by atoms with Crippen molar-refractivity contribution in [3.05, 3.63) is 113 Å². The maximum atomic E-state index is 13.5. The summed E-state index contributed by atoms with van der Waals surface area (Å²) >= 11 is 6.24. The van der Waals surface area contributed by atoms with Crippen molar-refractivity contribution in [3.8, 4) is 11.1 Å². The number of carbonyl (C=O) groups excluding carboxylic acids is 3. The van der Waals surface area contributed by atoms with E-state index in [9.17, 15) is 14.4 Å². The summed E-state index contributed by atoms with van der Waals surface area (Å²) in [6.07, 6.45) is 1.53. The number of hydrogen-bond acceptors (Lipinski definition) is 4. The van der Waals surface area contributed by atoms with Crippen LogP contribution in [-0.4, -0.2) is 47.3 Å². The molecule has 7 nitrogen and oxygen atoms in total. The minimum Gasteiger partial charge on any atom is -0.467 e. The molecule has 3 amide bonds. The molecular weight excluding hydrogens is 502 g/mol. The number of hydrogen-bond donors (Lipinski definition) is 0. The maximum absolute atomic E-state index is 13.5. The van der Waals surface area contributed by atoms with Crippen molar-refractivity contribution in [1.29, 1.82) is 0 Å². The van der Waals surface area contributed by atoms with E-state index >= 15 is 0 Å². The normalized spacial score (nSPS) is 13.2. The molecule has 2 heterocycles. The van der Waals surface area contributed by atoms with Crippen molar-refractivity contribution in [1.82, 2.24) is 9.80 Å². The number of furan rings is 1. The molecule has 0 unspecified atom stereocenters. The summed E-state index contributed by atoms with van der Waals surface area (Å²) in [5.41, 5.74) is 3.93. The van der Waals surface area contributed by atoms with Crippen LogP contribution in [0.2, 0.25) is 5.02 Å². The van der Waals surface area contributed by atoms with Crippen LogP contribution in [0.25, 0.3) is 11.1 Å². The lowest BCUT2D eigenvalue weighted by Gasteiger charge is -2.25. The molecule has 0 saturated carbocycles. The molecule has 0 aliphatic carbocycles. The quantitative estimate of drug-likeness (QED) is 0.323. The molecule has 0 radical (unpaired) electrons. The fourth-order valence-electron chi connectivity index (χ4n) is 4.49. The zero-order valence-corrected chi connectivity index (χ0v) is 21.6. The topological polar surface area (TPSA) is 74.1 Å². The average molecular weight is 528 g/mol. The molecule has 1 aliphatic rings. The molecule has 0 bridgehead atoms. The van der Waals surface area contributed by atoms with Crippen LogP contribution in [-0.2, 0) is 16.1 Å². The molecule has 1 fully saturated rings. The fourth-order valence-corrected chi connectivity index (χ4v) is 4.66. The van der Waals surface area contributed by atoms with Crippen LogP contribution in [0.1, 0.15) is 21.7 Å². The molecule has 4 aromatic rings. The van der Waals surface area contributed by atoms with Gasteiger partial charge in [0.1, 0.15) is 25.5 Å². The van der Waals surface area contributed by atoms with Gasteiger partial charge in [0.05, 0.1) is 12.8 Å². The zero-order valence-electron chi connectivity index (χ0n) is 20.8. The smallest absolute Gasteiger partial charge is 0.254 e. The Labute approximate surface area is 225 Å². The van der Waals surface area contributed by atoms with E-state index in [2.05, 4.69) is 0 Å². The van der Waals surface area contributed by atoms with Crippen LogP contribution < -0.4 is 4.90 Å². The molecule has 5 rings (SSSR count). The van der Waals surface area contributed by atoms with Crippen molar-refractivity contribution in [3.63, 3.8) is 0 Å². The molecule has 8 heteroatoms. The number of rotatable bonds is 7. The summed E-state index contributed by atoms with van der Waals surface area (Å²) in [6, 6.07) is 26.0. The Bertz CT molecular complexity index is 1450. The van der Waals surface area contributed by atoms with Gasteiger partial charge in [-0.15, -0.1) is 0 Å². The SMILES string of the molecule is Cc1c(Cl)cccc1N1CN(C(=O)CN(Cc2ccco2)C(=O)c2ccc(-c3ccccc3)cc2)CC1=O. The van der Waals surface area contributed by atoms with Gasteiger partial charge in [-0.3, -0.25) is 19.3 Å². The Morgan fingerprint density at radius 2 is 1.66 bits per heavy atom. The van der Waals surface area contributed by atoms with Gasteiger partial charge in [-0.1, -0.05) is 60.1 Å². The monoisotopic (exact) mass is 527 g/mol. The van der Waals surface area contributed by atoms with Crippen molar-refractivity contribution >= 4 is 35.0 Å². The lowest BCUT2D eigenvalue weighted by Crippen LogP contribution is -2.42. The first kappa shape index (κ1) is 25.3. The van der Waals surface area contributed by atoms with Crippen LogP contribution in [0.4, 0.5) is 5.69 Å². The first-order valence-electron chi connectivity index (χ1n) is 12.2. The van der Waals surface area contributed by atoms with Crippen molar-refractivity contribution in [2.24, 2.45) is 0 Å². The molecular formula is C30H26ClN3O4. The first-order valence-corrected chi connectivity index (χ1v) is 12.6. The number of nitrogens with zero attached hydrogens (tertiary/aromatic N) is 3. The van der Waals surface area contributed by atoms with Crippen LogP contribution in [0.15, 0.2) is 95.6 Å². The largest absolute Gasteiger partial charge is 0.467 e. The van der Waals surface area contributed by atoms with Gasteiger partial charge in [-0.2, -0.15) is 0 Å². The highest BCUT2D eigenvalue weighted by molar-refractivity contribution is 6.31. The van der Waals surface area contributed by atoms with E-state index < -0.39 is 0 Å². The van der Waals surface area contributed by atoms with E-state index in [1.54, 1.807) is 47.4 Å². The van der Waals surface area contributed by atoms with E-state index in [1.165, 1.54) is 16.1 Å². The summed E-state index contributed by atoms with van der Waals surface area (Å²) in [4.78, 5) is 44.1. The standard InChI is InChI=1S/C30H26ClN3O4/c1-21-26(31)10-5-11-27(21)34-20-33(19-29(34)36)28(35)18-32(17-25-9-6-16-38-25)30(37)24-14-12-23(13-15-24)22-7-3-2-4-8-22/h2-16H,17-20H2,1H3. The van der Waals surface area contributed by atoms with E-state index in [0.717, 1.165) is 16.7 Å². The summed E-state index contributed by atoms with van der Waals surface area (Å²) in [6.45, 7) is 1.78. The third-order valence-electron chi connectivity index (χ3n) is 6.60. The molecule has 1 aromatic heterocycles. The Hall–Kier alpha value is -4.36. The number of benzene rings is 3. The van der Waals surface area contributed by atoms with Crippen LogP contribution in [0.3, 0.4) is 0 Å². The lowest BCUT2D eigenvalue weighted by molar-refractivity contribution is -0.132. The minimum absolute atomic E-state index is 0.0701. The van der Waals surface area contributed by atoms with Crippen molar-refractivity contribution in [2.45, 2.75) is 13.5 Å². The molecule has 0 atom stereocenters. The summed E-state index contributed by atoms with van der Waals surface area (Å²) in [7, 11) is 0. The summed E-state index contributed by atoms with van der Waals surface area (Å²) < 4.78 is 5.46. The van der Waals surface area contributed by atoms with E-state index in [-0.39, 0.29) is 44.0 Å². The molecule has 1 aliphatic heterocycles. The second-order valence-corrected chi connectivity index (χ2v) is 9.53. The average Bonchev–Trinajstić information content (AvgIpc) is 3.60. The van der Waals surface area contributed by atoms with Gasteiger partial charge in [0.15, 0.2) is 0 Å². The van der Waals surface area contributed by atoms with Gasteiger partial charge in [0, 0.05) is 16.3 Å². The first-order chi connectivity index (χ1) is 18.4. The predicted octanol–water partition coefficient (Wildman–Crippen LogP) is 5.38. The molecule has 0 N–H and O–H groups in total. The van der Waals surface area contributed by atoms with E-state index in [1.807, 2.05) is 49.4 Å². The number of carbonyl (C=O) groups is 3. The Morgan fingerprint density at radius 3 is 2.37 bits per heavy atom. The van der Waals surface area contributed by atoms with Gasteiger partial charge in [0.2, 0.25) is 11.8 Å². The highest BCUT2D eigenvalue weighted by Crippen LogP contribution is 2.29. The van der Waals surface area contributed by atoms with Crippen molar-refractivity contribution in [2.75, 3.05) is 24.7 Å². The Morgan fingerprint density at radius 1 is 0.921 bits per heavy atom.